The molecule has 0 bridgehead atoms. The Morgan fingerprint density at radius 3 is 2.44 bits per heavy atom. The predicted molar refractivity (Wildman–Crippen MR) is 79.1 cm³/mol. The van der Waals surface area contributed by atoms with Crippen LogP contribution in [-0.2, 0) is 20.4 Å². The molecule has 0 saturated carbocycles. The molecule has 18 heavy (non-hydrogen) atoms. The van der Waals surface area contributed by atoms with Gasteiger partial charge in [0.25, 0.3) is 0 Å². The number of allylic oxidation sites excluding steroid dienone is 4. The van der Waals surface area contributed by atoms with Crippen LogP contribution in [0.15, 0.2) is 21.1 Å². The van der Waals surface area contributed by atoms with Crippen LogP contribution in [0.4, 0.5) is 0 Å². The summed E-state index contributed by atoms with van der Waals surface area (Å²) in [5, 5.41) is 0.519. The van der Waals surface area contributed by atoms with E-state index in [0.29, 0.717) is 5.04 Å². The average molecular weight is 295 g/mol. The number of hydrogen-bond donors (Lipinski definition) is 0. The summed E-state index contributed by atoms with van der Waals surface area (Å²) in [7, 11) is -1.16. The van der Waals surface area contributed by atoms with Crippen molar-refractivity contribution >= 4 is 8.07 Å². The van der Waals surface area contributed by atoms with Crippen molar-refractivity contribution in [2.24, 2.45) is 5.92 Å². The summed E-state index contributed by atoms with van der Waals surface area (Å²) in [5.41, 5.74) is 3.53. The quantitative estimate of drug-likeness (QED) is 0.596. The Morgan fingerprint density at radius 2 is 1.83 bits per heavy atom. The Balaban J connectivity index is 2.20. The summed E-state index contributed by atoms with van der Waals surface area (Å²) in [5.74, 6) is 0.807. The fourth-order valence-electron chi connectivity index (χ4n) is 3.04. The van der Waals surface area contributed by atoms with Crippen LogP contribution in [0.25, 0.3) is 0 Å². The third-order valence-electron chi connectivity index (χ3n) is 5.43. The summed E-state index contributed by atoms with van der Waals surface area (Å²) in [6, 6.07) is 1.46. The van der Waals surface area contributed by atoms with Crippen LogP contribution < -0.4 is 0 Å². The van der Waals surface area contributed by atoms with Gasteiger partial charge in [-0.3, -0.25) is 0 Å². The van der Waals surface area contributed by atoms with Gasteiger partial charge in [-0.05, 0) is 0 Å². The van der Waals surface area contributed by atoms with Gasteiger partial charge in [0.05, 0.1) is 0 Å². The van der Waals surface area contributed by atoms with Gasteiger partial charge in [0.2, 0.25) is 0 Å². The zero-order valence-electron chi connectivity index (χ0n) is 12.7. The molecule has 0 aliphatic heterocycles. The molecule has 0 aromatic heterocycles. The molecule has 0 spiro atoms. The van der Waals surface area contributed by atoms with E-state index >= 15 is 0 Å². The molecule has 0 amide bonds. The maximum atomic E-state index is 2.58. The van der Waals surface area contributed by atoms with E-state index in [2.05, 4.69) is 60.4 Å². The van der Waals surface area contributed by atoms with Gasteiger partial charge < -0.3 is 0 Å². The van der Waals surface area contributed by atoms with Crippen molar-refractivity contribution in [3.8, 4) is 0 Å². The molecule has 2 heteroatoms. The van der Waals surface area contributed by atoms with Crippen molar-refractivity contribution in [3.63, 3.8) is 0 Å². The van der Waals surface area contributed by atoms with E-state index < -0.39 is 8.07 Å². The Morgan fingerprint density at radius 1 is 1.22 bits per heavy atom. The van der Waals surface area contributed by atoms with Crippen LogP contribution in [0.2, 0.25) is 24.2 Å². The van der Waals surface area contributed by atoms with Crippen LogP contribution >= 0.6 is 0 Å². The maximum absolute atomic E-state index is 2.58. The normalized spacial score (nSPS) is 25.1. The fraction of sp³-hybridized carbons (Fsp3) is 0.750. The van der Waals surface area contributed by atoms with Crippen molar-refractivity contribution in [2.75, 3.05) is 0 Å². The molecule has 1 atom stereocenters. The van der Waals surface area contributed by atoms with Gasteiger partial charge in [-0.15, -0.1) is 0 Å². The van der Waals surface area contributed by atoms with Crippen LogP contribution in [0.3, 0.4) is 0 Å². The van der Waals surface area contributed by atoms with Crippen molar-refractivity contribution in [1.29, 1.82) is 0 Å². The molecule has 0 N–H and O–H groups in total. The first-order valence-corrected chi connectivity index (χ1v) is 11.4. The summed E-state index contributed by atoms with van der Waals surface area (Å²) in [6.07, 6.45) is 8.08. The molecule has 2 aliphatic rings. The zero-order valence-corrected chi connectivity index (χ0v) is 15.3. The third kappa shape index (κ3) is 2.78. The average Bonchev–Trinajstić information content (AvgIpc) is 2.54. The van der Waals surface area contributed by atoms with E-state index in [-0.39, 0.29) is 0 Å². The first-order chi connectivity index (χ1) is 8.22. The second kappa shape index (κ2) is 5.07. The SMILES string of the molecule is CC(C)(C)[Si](C)(C)CC1[C]([Ti])=CC2=C1CCCC2. The molecule has 1 unspecified atom stereocenters. The molecule has 99 valence electrons. The Hall–Kier alpha value is 0.411. The Kier molecular flexibility index (Phi) is 4.17. The van der Waals surface area contributed by atoms with Gasteiger partial charge >= 0.3 is 126 Å². The van der Waals surface area contributed by atoms with Crippen LogP contribution in [0.5, 0.6) is 0 Å². The van der Waals surface area contributed by atoms with E-state index in [1.807, 2.05) is 5.57 Å². The first-order valence-electron chi connectivity index (χ1n) is 7.37. The van der Waals surface area contributed by atoms with E-state index in [1.165, 1.54) is 31.7 Å². The third-order valence-corrected chi connectivity index (χ3v) is 11.7. The van der Waals surface area contributed by atoms with Crippen LogP contribution in [0, 0.1) is 5.92 Å². The topological polar surface area (TPSA) is 0 Å². The molecular weight excluding hydrogens is 268 g/mol. The fourth-order valence-corrected chi connectivity index (χ4v) is 6.16. The molecule has 0 radical (unpaired) electrons. The van der Waals surface area contributed by atoms with Gasteiger partial charge in [0.15, 0.2) is 0 Å². The Labute approximate surface area is 126 Å². The number of rotatable bonds is 2. The standard InChI is InChI=1S/C16H27Si.Ti/c1-16(2,3)17(4,5)12-14-11-10-13-8-6-7-9-15(13)14;/h10,14H,6-9,12H2,1-5H3;. The van der Waals surface area contributed by atoms with Crippen molar-refractivity contribution in [2.45, 2.75) is 70.6 Å². The van der Waals surface area contributed by atoms with Crippen LogP contribution in [0.1, 0.15) is 46.5 Å². The number of hydrogen-bond acceptors (Lipinski definition) is 0. The second-order valence-corrected chi connectivity index (χ2v) is 14.3. The van der Waals surface area contributed by atoms with E-state index in [4.69, 9.17) is 0 Å². The zero-order chi connectivity index (χ0) is 13.6. The Bertz CT molecular complexity index is 396. The van der Waals surface area contributed by atoms with E-state index in [1.54, 1.807) is 9.45 Å². The van der Waals surface area contributed by atoms with Gasteiger partial charge in [0, 0.05) is 0 Å². The van der Waals surface area contributed by atoms with Gasteiger partial charge in [-0.1, -0.05) is 0 Å². The predicted octanol–water partition coefficient (Wildman–Crippen LogP) is 5.43. The molecule has 0 saturated heterocycles. The van der Waals surface area contributed by atoms with Crippen molar-refractivity contribution < 1.29 is 20.4 Å². The van der Waals surface area contributed by atoms with E-state index in [0.717, 1.165) is 5.92 Å². The molecule has 0 nitrogen and oxygen atoms in total. The molecule has 0 aromatic carbocycles. The second-order valence-electron chi connectivity index (χ2n) is 7.75. The molecule has 0 heterocycles. The minimum atomic E-state index is -1.16. The van der Waals surface area contributed by atoms with Crippen LogP contribution in [-0.4, -0.2) is 8.07 Å². The monoisotopic (exact) mass is 295 g/mol. The minimum absolute atomic E-state index is 0.519. The van der Waals surface area contributed by atoms with Gasteiger partial charge in [-0.25, -0.2) is 0 Å². The summed E-state index contributed by atoms with van der Waals surface area (Å²) < 4.78 is 1.66. The molecule has 0 aromatic rings. The first kappa shape index (κ1) is 14.8. The van der Waals surface area contributed by atoms with Crippen molar-refractivity contribution in [3.05, 3.63) is 21.1 Å². The molecular formula is C16H27SiTi. The summed E-state index contributed by atoms with van der Waals surface area (Å²) >= 11 is 2.37. The van der Waals surface area contributed by atoms with Crippen molar-refractivity contribution in [1.82, 2.24) is 0 Å². The summed E-state index contributed by atoms with van der Waals surface area (Å²) in [6.45, 7) is 12.5. The summed E-state index contributed by atoms with van der Waals surface area (Å²) in [4.78, 5) is 0. The van der Waals surface area contributed by atoms with Gasteiger partial charge in [-0.2, -0.15) is 0 Å². The van der Waals surface area contributed by atoms with Gasteiger partial charge in [0.1, 0.15) is 0 Å². The molecule has 2 aliphatic carbocycles. The molecule has 0 fully saturated rings. The molecule has 2 rings (SSSR count). The van der Waals surface area contributed by atoms with E-state index in [9.17, 15) is 0 Å².